The normalized spacial score (nSPS) is 20.1. The van der Waals surface area contributed by atoms with Crippen LogP contribution in [0.2, 0.25) is 0 Å². The summed E-state index contributed by atoms with van der Waals surface area (Å²) < 4.78 is 6.46. The molecule has 0 bridgehead atoms. The number of hydrogen-bond acceptors (Lipinski definition) is 6. The molecular formula is C13H16N4OS. The van der Waals surface area contributed by atoms with E-state index in [1.807, 2.05) is 6.07 Å². The monoisotopic (exact) mass is 276 g/mol. The van der Waals surface area contributed by atoms with Gasteiger partial charge in [-0.25, -0.2) is 4.98 Å². The van der Waals surface area contributed by atoms with Crippen LogP contribution in [0.4, 0.5) is 10.8 Å². The molecule has 0 radical (unpaired) electrons. The highest BCUT2D eigenvalue weighted by Crippen LogP contribution is 2.43. The van der Waals surface area contributed by atoms with Crippen LogP contribution in [0.15, 0.2) is 6.07 Å². The third-order valence-electron chi connectivity index (χ3n) is 3.68. The summed E-state index contributed by atoms with van der Waals surface area (Å²) in [5.74, 6) is 0.568. The van der Waals surface area contributed by atoms with Gasteiger partial charge < -0.3 is 15.4 Å². The van der Waals surface area contributed by atoms with Crippen LogP contribution in [0.5, 0.6) is 0 Å². The van der Waals surface area contributed by atoms with Crippen molar-refractivity contribution in [2.75, 3.05) is 36.9 Å². The Labute approximate surface area is 115 Å². The summed E-state index contributed by atoms with van der Waals surface area (Å²) in [6.07, 6.45) is 2.42. The quantitative estimate of drug-likeness (QED) is 0.908. The number of fused-ring (bicyclic) bond motifs is 1. The highest BCUT2D eigenvalue weighted by Gasteiger charge is 2.28. The Morgan fingerprint density at radius 1 is 1.26 bits per heavy atom. The van der Waals surface area contributed by atoms with Gasteiger partial charge in [0.05, 0.1) is 29.3 Å². The molecule has 19 heavy (non-hydrogen) atoms. The van der Waals surface area contributed by atoms with Gasteiger partial charge in [0.1, 0.15) is 0 Å². The minimum Gasteiger partial charge on any atom is -0.397 e. The first-order chi connectivity index (χ1) is 9.31. The molecule has 3 heterocycles. The molecule has 2 aromatic rings. The number of morpholine rings is 1. The molecule has 2 N–H and O–H groups in total. The van der Waals surface area contributed by atoms with Gasteiger partial charge in [-0.1, -0.05) is 11.3 Å². The minimum absolute atomic E-state index is 0.568. The molecule has 6 heteroatoms. The van der Waals surface area contributed by atoms with Gasteiger partial charge >= 0.3 is 0 Å². The van der Waals surface area contributed by atoms with Crippen LogP contribution in [0.25, 0.3) is 10.3 Å². The van der Waals surface area contributed by atoms with Crippen molar-refractivity contribution < 1.29 is 4.74 Å². The second-order valence-corrected chi connectivity index (χ2v) is 6.16. The van der Waals surface area contributed by atoms with Crippen molar-refractivity contribution >= 4 is 32.5 Å². The molecule has 5 nitrogen and oxygen atoms in total. The molecule has 0 atom stereocenters. The number of nitrogen functional groups attached to an aromatic ring is 1. The van der Waals surface area contributed by atoms with Crippen LogP contribution >= 0.6 is 11.3 Å². The molecular weight excluding hydrogens is 260 g/mol. The SMILES string of the molecule is Nc1cc2sc(N3CCOCC3)nc2nc1C1CC1. The molecule has 1 saturated heterocycles. The van der Waals surface area contributed by atoms with Crippen LogP contribution in [-0.2, 0) is 4.74 Å². The largest absolute Gasteiger partial charge is 0.397 e. The van der Waals surface area contributed by atoms with Gasteiger partial charge in [-0.05, 0) is 18.9 Å². The topological polar surface area (TPSA) is 64.3 Å². The molecule has 2 fully saturated rings. The number of thiazole rings is 1. The number of rotatable bonds is 2. The lowest BCUT2D eigenvalue weighted by molar-refractivity contribution is 0.122. The molecule has 1 aliphatic heterocycles. The minimum atomic E-state index is 0.568. The lowest BCUT2D eigenvalue weighted by atomic mass is 10.2. The van der Waals surface area contributed by atoms with Crippen LogP contribution in [0.3, 0.4) is 0 Å². The van der Waals surface area contributed by atoms with Crippen LogP contribution in [0.1, 0.15) is 24.5 Å². The van der Waals surface area contributed by atoms with E-state index in [-0.39, 0.29) is 0 Å². The molecule has 4 rings (SSSR count). The molecule has 1 saturated carbocycles. The zero-order valence-corrected chi connectivity index (χ0v) is 11.4. The smallest absolute Gasteiger partial charge is 0.188 e. The summed E-state index contributed by atoms with van der Waals surface area (Å²) in [7, 11) is 0. The van der Waals surface area contributed by atoms with Gasteiger partial charge in [0.2, 0.25) is 0 Å². The zero-order valence-electron chi connectivity index (χ0n) is 10.6. The molecule has 0 amide bonds. The Balaban J connectivity index is 1.73. The summed E-state index contributed by atoms with van der Waals surface area (Å²) in [5.41, 5.74) is 8.82. The third kappa shape index (κ3) is 2.04. The molecule has 100 valence electrons. The number of pyridine rings is 1. The molecule has 2 aliphatic rings. The summed E-state index contributed by atoms with van der Waals surface area (Å²) in [6.45, 7) is 3.37. The first-order valence-electron chi connectivity index (χ1n) is 6.71. The molecule has 1 aliphatic carbocycles. The van der Waals surface area contributed by atoms with E-state index in [0.717, 1.165) is 53.2 Å². The maximum Gasteiger partial charge on any atom is 0.188 e. The number of nitrogens with zero attached hydrogens (tertiary/aromatic N) is 3. The Hall–Kier alpha value is -1.40. The predicted octanol–water partition coefficient (Wildman–Crippen LogP) is 1.99. The Kier molecular flexibility index (Phi) is 2.60. The summed E-state index contributed by atoms with van der Waals surface area (Å²) in [5, 5.41) is 1.04. The van der Waals surface area contributed by atoms with E-state index < -0.39 is 0 Å². The molecule has 0 aromatic carbocycles. The predicted molar refractivity (Wildman–Crippen MR) is 76.8 cm³/mol. The fourth-order valence-corrected chi connectivity index (χ4v) is 3.46. The van der Waals surface area contributed by atoms with E-state index in [0.29, 0.717) is 5.92 Å². The first-order valence-corrected chi connectivity index (χ1v) is 7.52. The first kappa shape index (κ1) is 11.4. The van der Waals surface area contributed by atoms with E-state index in [4.69, 9.17) is 10.5 Å². The Morgan fingerprint density at radius 2 is 2.05 bits per heavy atom. The number of anilines is 2. The van der Waals surface area contributed by atoms with E-state index in [2.05, 4.69) is 14.9 Å². The van der Waals surface area contributed by atoms with Crippen molar-refractivity contribution in [3.05, 3.63) is 11.8 Å². The second-order valence-electron chi connectivity index (χ2n) is 5.15. The van der Waals surface area contributed by atoms with Gasteiger partial charge in [0.15, 0.2) is 10.8 Å². The van der Waals surface area contributed by atoms with Crippen LogP contribution in [-0.4, -0.2) is 36.3 Å². The molecule has 0 unspecified atom stereocenters. The van der Waals surface area contributed by atoms with Gasteiger partial charge in [-0.15, -0.1) is 0 Å². The maximum atomic E-state index is 6.10. The second kappa shape index (κ2) is 4.31. The lowest BCUT2D eigenvalue weighted by Gasteiger charge is -2.25. The van der Waals surface area contributed by atoms with Gasteiger partial charge in [-0.3, -0.25) is 0 Å². The van der Waals surface area contributed by atoms with Crippen molar-refractivity contribution in [1.29, 1.82) is 0 Å². The maximum absolute atomic E-state index is 6.10. The van der Waals surface area contributed by atoms with Crippen molar-refractivity contribution in [2.24, 2.45) is 0 Å². The molecule has 0 spiro atoms. The van der Waals surface area contributed by atoms with Crippen molar-refractivity contribution in [1.82, 2.24) is 9.97 Å². The number of aromatic nitrogens is 2. The van der Waals surface area contributed by atoms with Crippen LogP contribution < -0.4 is 10.6 Å². The standard InChI is InChI=1S/C13H16N4OS/c14-9-7-10-12(15-11(9)8-1-2-8)16-13(19-10)17-3-5-18-6-4-17/h7-8H,1-6,14H2. The summed E-state index contributed by atoms with van der Waals surface area (Å²) in [6, 6.07) is 2.04. The van der Waals surface area contributed by atoms with Crippen molar-refractivity contribution in [3.8, 4) is 0 Å². The average molecular weight is 276 g/mol. The third-order valence-corrected chi connectivity index (χ3v) is 4.73. The van der Waals surface area contributed by atoms with Crippen molar-refractivity contribution in [2.45, 2.75) is 18.8 Å². The van der Waals surface area contributed by atoms with E-state index >= 15 is 0 Å². The number of ether oxygens (including phenoxy) is 1. The van der Waals surface area contributed by atoms with Gasteiger partial charge in [0, 0.05) is 19.0 Å². The molecule has 2 aromatic heterocycles. The summed E-state index contributed by atoms with van der Waals surface area (Å²) in [4.78, 5) is 11.6. The number of hydrogen-bond donors (Lipinski definition) is 1. The van der Waals surface area contributed by atoms with Crippen LogP contribution in [0, 0.1) is 0 Å². The zero-order chi connectivity index (χ0) is 12.8. The Bertz CT molecular complexity index is 616. The fourth-order valence-electron chi connectivity index (χ4n) is 2.45. The fraction of sp³-hybridized carbons (Fsp3) is 0.538. The van der Waals surface area contributed by atoms with E-state index in [1.54, 1.807) is 11.3 Å². The highest BCUT2D eigenvalue weighted by atomic mass is 32.1. The Morgan fingerprint density at radius 3 is 2.79 bits per heavy atom. The average Bonchev–Trinajstić information content (AvgIpc) is 3.19. The van der Waals surface area contributed by atoms with Crippen molar-refractivity contribution in [3.63, 3.8) is 0 Å². The van der Waals surface area contributed by atoms with Gasteiger partial charge in [0.25, 0.3) is 0 Å². The number of nitrogens with two attached hydrogens (primary N) is 1. The highest BCUT2D eigenvalue weighted by molar-refractivity contribution is 7.22. The summed E-state index contributed by atoms with van der Waals surface area (Å²) >= 11 is 1.68. The lowest BCUT2D eigenvalue weighted by Crippen LogP contribution is -2.36. The van der Waals surface area contributed by atoms with E-state index in [1.165, 1.54) is 12.8 Å². The van der Waals surface area contributed by atoms with Gasteiger partial charge in [-0.2, -0.15) is 4.98 Å². The van der Waals surface area contributed by atoms with E-state index in [9.17, 15) is 0 Å².